The molecule has 1 atom stereocenters. The predicted molar refractivity (Wildman–Crippen MR) is 79.8 cm³/mol. The van der Waals surface area contributed by atoms with Gasteiger partial charge in [-0.15, -0.1) is 0 Å². The Morgan fingerprint density at radius 2 is 2.35 bits per heavy atom. The fraction of sp³-hybridized carbons (Fsp3) is 0.357. The van der Waals surface area contributed by atoms with E-state index in [1.54, 1.807) is 7.11 Å². The second-order valence-electron chi connectivity index (χ2n) is 4.59. The van der Waals surface area contributed by atoms with Crippen molar-refractivity contribution < 1.29 is 9.47 Å². The van der Waals surface area contributed by atoms with Crippen LogP contribution in [0.15, 0.2) is 28.9 Å². The quantitative estimate of drug-likeness (QED) is 0.903. The van der Waals surface area contributed by atoms with Crippen LogP contribution in [0.25, 0.3) is 11.3 Å². The number of halogens is 1. The second kappa shape index (κ2) is 5.95. The first-order chi connectivity index (χ1) is 9.78. The topological polar surface area (TPSA) is 59.2 Å². The minimum absolute atomic E-state index is 0.000751. The van der Waals surface area contributed by atoms with Gasteiger partial charge < -0.3 is 19.8 Å². The Balaban J connectivity index is 1.84. The van der Waals surface area contributed by atoms with E-state index in [0.717, 1.165) is 47.0 Å². The Labute approximate surface area is 125 Å². The summed E-state index contributed by atoms with van der Waals surface area (Å²) in [5.41, 5.74) is 2.03. The van der Waals surface area contributed by atoms with Crippen LogP contribution in [-0.4, -0.2) is 36.8 Å². The first kappa shape index (κ1) is 13.6. The zero-order valence-corrected chi connectivity index (χ0v) is 12.7. The normalized spacial score (nSPS) is 19.0. The summed E-state index contributed by atoms with van der Waals surface area (Å²) in [5.74, 6) is 1.67. The molecular weight excluding hydrogens is 322 g/mol. The van der Waals surface area contributed by atoms with Crippen LogP contribution in [0, 0.1) is 0 Å². The molecule has 0 spiro atoms. The van der Waals surface area contributed by atoms with Crippen LogP contribution in [0.4, 0.5) is 0 Å². The Hall–Kier alpha value is -1.37. The summed E-state index contributed by atoms with van der Waals surface area (Å²) in [5, 5.41) is 3.30. The molecule has 1 fully saturated rings. The van der Waals surface area contributed by atoms with Gasteiger partial charge in [-0.2, -0.15) is 0 Å². The van der Waals surface area contributed by atoms with Gasteiger partial charge in [0.15, 0.2) is 0 Å². The molecule has 1 aromatic heterocycles. The van der Waals surface area contributed by atoms with Crippen molar-refractivity contribution in [3.8, 4) is 17.0 Å². The van der Waals surface area contributed by atoms with Gasteiger partial charge in [-0.25, -0.2) is 4.98 Å². The van der Waals surface area contributed by atoms with E-state index < -0.39 is 0 Å². The third kappa shape index (κ3) is 2.72. The monoisotopic (exact) mass is 337 g/mol. The van der Waals surface area contributed by atoms with E-state index in [1.807, 2.05) is 24.4 Å². The lowest BCUT2D eigenvalue weighted by molar-refractivity contribution is 0.0227. The lowest BCUT2D eigenvalue weighted by atomic mass is 10.1. The van der Waals surface area contributed by atoms with Crippen LogP contribution < -0.4 is 10.1 Å². The summed E-state index contributed by atoms with van der Waals surface area (Å²) < 4.78 is 11.8. The third-order valence-corrected chi connectivity index (χ3v) is 3.91. The van der Waals surface area contributed by atoms with Gasteiger partial charge in [0, 0.05) is 18.7 Å². The molecule has 0 saturated carbocycles. The second-order valence-corrected chi connectivity index (χ2v) is 5.45. The van der Waals surface area contributed by atoms with Crippen molar-refractivity contribution in [1.82, 2.24) is 15.3 Å². The molecule has 0 amide bonds. The molecular formula is C14H16BrN3O2. The van der Waals surface area contributed by atoms with E-state index in [4.69, 9.17) is 9.47 Å². The molecule has 1 aromatic carbocycles. The van der Waals surface area contributed by atoms with Crippen molar-refractivity contribution in [2.45, 2.75) is 6.10 Å². The molecule has 1 aliphatic rings. The molecule has 3 rings (SSSR count). The highest BCUT2D eigenvalue weighted by atomic mass is 79.9. The van der Waals surface area contributed by atoms with Crippen molar-refractivity contribution in [3.05, 3.63) is 34.7 Å². The Bertz CT molecular complexity index is 594. The van der Waals surface area contributed by atoms with E-state index in [-0.39, 0.29) is 6.10 Å². The van der Waals surface area contributed by atoms with E-state index in [0.29, 0.717) is 0 Å². The number of aromatic amines is 1. The predicted octanol–water partition coefficient (Wildman–Crippen LogP) is 2.51. The number of methoxy groups -OCH3 is 1. The molecule has 0 aliphatic carbocycles. The Kier molecular flexibility index (Phi) is 4.05. The first-order valence-electron chi connectivity index (χ1n) is 6.49. The number of imidazole rings is 1. The highest BCUT2D eigenvalue weighted by Crippen LogP contribution is 2.30. The number of hydrogen-bond acceptors (Lipinski definition) is 4. The molecule has 5 nitrogen and oxygen atoms in total. The number of nitrogens with one attached hydrogen (secondary N) is 2. The molecule has 1 aliphatic heterocycles. The summed E-state index contributed by atoms with van der Waals surface area (Å²) in [6.45, 7) is 2.41. The number of rotatable bonds is 3. The number of nitrogens with zero attached hydrogens (tertiary/aromatic N) is 1. The van der Waals surface area contributed by atoms with Gasteiger partial charge >= 0.3 is 0 Å². The Morgan fingerprint density at radius 3 is 3.05 bits per heavy atom. The van der Waals surface area contributed by atoms with Crippen molar-refractivity contribution >= 4 is 15.9 Å². The largest absolute Gasteiger partial charge is 0.496 e. The van der Waals surface area contributed by atoms with Gasteiger partial charge in [0.2, 0.25) is 0 Å². The minimum Gasteiger partial charge on any atom is -0.496 e. The van der Waals surface area contributed by atoms with Crippen LogP contribution in [-0.2, 0) is 4.74 Å². The van der Waals surface area contributed by atoms with Gasteiger partial charge in [-0.3, -0.25) is 0 Å². The number of morpholine rings is 1. The fourth-order valence-corrected chi connectivity index (χ4v) is 2.76. The molecule has 6 heteroatoms. The molecule has 20 heavy (non-hydrogen) atoms. The van der Waals surface area contributed by atoms with Gasteiger partial charge in [-0.05, 0) is 34.1 Å². The molecule has 106 valence electrons. The number of ether oxygens (including phenoxy) is 2. The van der Waals surface area contributed by atoms with Gasteiger partial charge in [-0.1, -0.05) is 0 Å². The summed E-state index contributed by atoms with van der Waals surface area (Å²) in [6.07, 6.45) is 1.83. The van der Waals surface area contributed by atoms with Crippen molar-refractivity contribution in [2.75, 3.05) is 26.8 Å². The van der Waals surface area contributed by atoms with Crippen LogP contribution in [0.2, 0.25) is 0 Å². The van der Waals surface area contributed by atoms with E-state index in [1.165, 1.54) is 0 Å². The highest BCUT2D eigenvalue weighted by molar-refractivity contribution is 9.10. The van der Waals surface area contributed by atoms with Crippen LogP contribution in [0.1, 0.15) is 11.9 Å². The van der Waals surface area contributed by atoms with E-state index >= 15 is 0 Å². The molecule has 2 aromatic rings. The lowest BCUT2D eigenvalue weighted by Gasteiger charge is -2.21. The standard InChI is InChI=1S/C14H16BrN3O2/c1-19-12-3-2-9(6-10(12)15)11-7-17-14(18-11)13-8-16-4-5-20-13/h2-3,6-7,13,16H,4-5,8H2,1H3,(H,17,18). The van der Waals surface area contributed by atoms with Gasteiger partial charge in [0.05, 0.1) is 30.1 Å². The molecule has 1 saturated heterocycles. The van der Waals surface area contributed by atoms with E-state index in [9.17, 15) is 0 Å². The Morgan fingerprint density at radius 1 is 1.45 bits per heavy atom. The van der Waals surface area contributed by atoms with Crippen LogP contribution in [0.5, 0.6) is 5.75 Å². The zero-order valence-electron chi connectivity index (χ0n) is 11.1. The maximum absolute atomic E-state index is 5.69. The minimum atomic E-state index is -0.000751. The summed E-state index contributed by atoms with van der Waals surface area (Å²) in [7, 11) is 1.65. The molecule has 2 heterocycles. The summed E-state index contributed by atoms with van der Waals surface area (Å²) in [4.78, 5) is 7.75. The maximum Gasteiger partial charge on any atom is 0.137 e. The highest BCUT2D eigenvalue weighted by Gasteiger charge is 2.19. The molecule has 0 bridgehead atoms. The fourth-order valence-electron chi connectivity index (χ4n) is 2.22. The molecule has 0 radical (unpaired) electrons. The van der Waals surface area contributed by atoms with Crippen molar-refractivity contribution in [3.63, 3.8) is 0 Å². The maximum atomic E-state index is 5.69. The number of hydrogen-bond donors (Lipinski definition) is 2. The number of aromatic nitrogens is 2. The molecule has 1 unspecified atom stereocenters. The molecule has 2 N–H and O–H groups in total. The average Bonchev–Trinajstić information content (AvgIpc) is 2.98. The van der Waals surface area contributed by atoms with Crippen molar-refractivity contribution in [1.29, 1.82) is 0 Å². The number of benzene rings is 1. The summed E-state index contributed by atoms with van der Waals surface area (Å²) in [6, 6.07) is 5.94. The average molecular weight is 338 g/mol. The smallest absolute Gasteiger partial charge is 0.137 e. The van der Waals surface area contributed by atoms with Crippen molar-refractivity contribution in [2.24, 2.45) is 0 Å². The van der Waals surface area contributed by atoms with Gasteiger partial charge in [0.25, 0.3) is 0 Å². The summed E-state index contributed by atoms with van der Waals surface area (Å²) >= 11 is 3.49. The first-order valence-corrected chi connectivity index (χ1v) is 7.28. The van der Waals surface area contributed by atoms with E-state index in [2.05, 4.69) is 31.2 Å². The number of H-pyrrole nitrogens is 1. The van der Waals surface area contributed by atoms with Gasteiger partial charge in [0.1, 0.15) is 17.7 Å². The van der Waals surface area contributed by atoms with Crippen LogP contribution >= 0.6 is 15.9 Å². The SMILES string of the molecule is COc1ccc(-c2cnc(C3CNCCO3)[nH]2)cc1Br. The lowest BCUT2D eigenvalue weighted by Crippen LogP contribution is -2.33. The third-order valence-electron chi connectivity index (χ3n) is 3.29. The zero-order chi connectivity index (χ0) is 13.9. The van der Waals surface area contributed by atoms with Crippen LogP contribution in [0.3, 0.4) is 0 Å².